The zero-order chi connectivity index (χ0) is 14.4. The van der Waals surface area contributed by atoms with Crippen molar-refractivity contribution >= 4 is 5.78 Å². The van der Waals surface area contributed by atoms with Crippen molar-refractivity contribution in [3.63, 3.8) is 0 Å². The van der Waals surface area contributed by atoms with Crippen LogP contribution in [-0.2, 0) is 0 Å². The van der Waals surface area contributed by atoms with Crippen molar-refractivity contribution in [2.24, 2.45) is 0 Å². The molecule has 104 valence electrons. The van der Waals surface area contributed by atoms with Crippen molar-refractivity contribution < 1.29 is 14.3 Å². The van der Waals surface area contributed by atoms with Gasteiger partial charge in [-0.2, -0.15) is 0 Å². The zero-order valence-electron chi connectivity index (χ0n) is 11.8. The van der Waals surface area contributed by atoms with Crippen LogP contribution in [0.4, 0.5) is 0 Å². The third kappa shape index (κ3) is 3.60. The minimum atomic E-state index is -0.0167. The first-order chi connectivity index (χ1) is 9.70. The lowest BCUT2D eigenvalue weighted by molar-refractivity contribution is 0.0921. The fourth-order valence-electron chi connectivity index (χ4n) is 1.91. The van der Waals surface area contributed by atoms with Gasteiger partial charge in [0.1, 0.15) is 11.5 Å². The van der Waals surface area contributed by atoms with Crippen LogP contribution in [0, 0.1) is 6.92 Å². The van der Waals surface area contributed by atoms with Crippen LogP contribution in [0.5, 0.6) is 11.5 Å². The Morgan fingerprint density at radius 1 is 0.950 bits per heavy atom. The summed E-state index contributed by atoms with van der Waals surface area (Å²) in [6, 6.07) is 14.8. The molecule has 0 spiro atoms. The summed E-state index contributed by atoms with van der Waals surface area (Å²) in [5, 5.41) is 0. The monoisotopic (exact) mass is 270 g/mol. The van der Waals surface area contributed by atoms with Crippen molar-refractivity contribution in [2.75, 3.05) is 13.2 Å². The van der Waals surface area contributed by atoms with E-state index in [4.69, 9.17) is 9.47 Å². The molecule has 0 radical (unpaired) electrons. The lowest BCUT2D eigenvalue weighted by Gasteiger charge is -2.08. The van der Waals surface area contributed by atoms with E-state index in [0.29, 0.717) is 17.9 Å². The summed E-state index contributed by atoms with van der Waals surface area (Å²) in [6.45, 7) is 4.53. The maximum atomic E-state index is 12.1. The molecule has 0 saturated carbocycles. The lowest BCUT2D eigenvalue weighted by Crippen LogP contribution is -2.12. The highest BCUT2D eigenvalue weighted by Crippen LogP contribution is 2.18. The summed E-state index contributed by atoms with van der Waals surface area (Å²) in [6.07, 6.45) is 0. The second-order valence-electron chi connectivity index (χ2n) is 4.43. The van der Waals surface area contributed by atoms with Crippen LogP contribution in [0.3, 0.4) is 0 Å². The smallest absolute Gasteiger partial charge is 0.200 e. The second kappa shape index (κ2) is 6.75. The third-order valence-electron chi connectivity index (χ3n) is 2.95. The molecule has 0 saturated heterocycles. The van der Waals surface area contributed by atoms with E-state index in [1.807, 2.05) is 50.2 Å². The van der Waals surface area contributed by atoms with Crippen LogP contribution in [0.15, 0.2) is 48.5 Å². The number of ketones is 1. The summed E-state index contributed by atoms with van der Waals surface area (Å²) >= 11 is 0. The molecule has 0 bridgehead atoms. The Morgan fingerprint density at radius 3 is 2.15 bits per heavy atom. The van der Waals surface area contributed by atoms with Gasteiger partial charge in [-0.05, 0) is 43.7 Å². The molecular weight excluding hydrogens is 252 g/mol. The van der Waals surface area contributed by atoms with Crippen LogP contribution in [0.1, 0.15) is 22.8 Å². The van der Waals surface area contributed by atoms with E-state index < -0.39 is 0 Å². The van der Waals surface area contributed by atoms with Crippen molar-refractivity contribution in [1.29, 1.82) is 0 Å². The number of Topliss-reactive ketones (excluding diaryl/α,β-unsaturated/α-hetero) is 1. The van der Waals surface area contributed by atoms with Crippen molar-refractivity contribution in [3.05, 3.63) is 59.7 Å². The Bertz CT molecular complexity index is 573. The van der Waals surface area contributed by atoms with Gasteiger partial charge in [-0.15, -0.1) is 0 Å². The Hall–Kier alpha value is -2.29. The predicted molar refractivity (Wildman–Crippen MR) is 78.6 cm³/mol. The van der Waals surface area contributed by atoms with E-state index in [9.17, 15) is 4.79 Å². The minimum Gasteiger partial charge on any atom is -0.494 e. The molecule has 0 amide bonds. The molecule has 2 aromatic carbocycles. The van der Waals surface area contributed by atoms with Gasteiger partial charge in [-0.3, -0.25) is 4.79 Å². The van der Waals surface area contributed by atoms with Gasteiger partial charge in [-0.25, -0.2) is 0 Å². The largest absolute Gasteiger partial charge is 0.494 e. The topological polar surface area (TPSA) is 35.5 Å². The molecule has 20 heavy (non-hydrogen) atoms. The van der Waals surface area contributed by atoms with Gasteiger partial charge in [0, 0.05) is 5.56 Å². The second-order valence-corrected chi connectivity index (χ2v) is 4.43. The number of aryl methyl sites for hydroxylation is 1. The normalized spacial score (nSPS) is 10.1. The molecule has 0 aromatic heterocycles. The van der Waals surface area contributed by atoms with E-state index in [2.05, 4.69) is 0 Å². The highest BCUT2D eigenvalue weighted by Gasteiger charge is 2.09. The van der Waals surface area contributed by atoms with E-state index in [0.717, 1.165) is 11.3 Å². The number of carbonyl (C=O) groups excluding carboxylic acids is 1. The van der Waals surface area contributed by atoms with E-state index in [1.165, 1.54) is 0 Å². The van der Waals surface area contributed by atoms with Crippen molar-refractivity contribution in [1.82, 2.24) is 0 Å². The first-order valence-electron chi connectivity index (χ1n) is 6.65. The minimum absolute atomic E-state index is 0.0167. The van der Waals surface area contributed by atoms with Gasteiger partial charge in [0.2, 0.25) is 0 Å². The number of carbonyl (C=O) groups is 1. The number of ether oxygens (including phenoxy) is 2. The Labute approximate surface area is 119 Å². The average molecular weight is 270 g/mol. The third-order valence-corrected chi connectivity index (χ3v) is 2.95. The zero-order valence-corrected chi connectivity index (χ0v) is 11.8. The van der Waals surface area contributed by atoms with Crippen LogP contribution >= 0.6 is 0 Å². The molecule has 2 aromatic rings. The quantitative estimate of drug-likeness (QED) is 0.751. The number of hydrogen-bond donors (Lipinski definition) is 0. The first-order valence-corrected chi connectivity index (χ1v) is 6.65. The maximum absolute atomic E-state index is 12.1. The van der Waals surface area contributed by atoms with E-state index in [1.54, 1.807) is 12.1 Å². The summed E-state index contributed by atoms with van der Waals surface area (Å²) in [5.74, 6) is 1.44. The van der Waals surface area contributed by atoms with E-state index in [-0.39, 0.29) is 12.4 Å². The number of rotatable bonds is 6. The SMILES string of the molecule is CCOc1ccc(OCC(=O)c2ccccc2C)cc1. The van der Waals surface area contributed by atoms with Crippen LogP contribution < -0.4 is 9.47 Å². The Morgan fingerprint density at radius 2 is 1.55 bits per heavy atom. The maximum Gasteiger partial charge on any atom is 0.200 e. The van der Waals surface area contributed by atoms with Crippen LogP contribution in [-0.4, -0.2) is 19.0 Å². The van der Waals surface area contributed by atoms with Crippen molar-refractivity contribution in [3.8, 4) is 11.5 Å². The van der Waals surface area contributed by atoms with Gasteiger partial charge in [0.15, 0.2) is 12.4 Å². The van der Waals surface area contributed by atoms with Crippen molar-refractivity contribution in [2.45, 2.75) is 13.8 Å². The molecular formula is C17H18O3. The number of benzene rings is 2. The fourth-order valence-corrected chi connectivity index (χ4v) is 1.91. The van der Waals surface area contributed by atoms with Gasteiger partial charge in [0.25, 0.3) is 0 Å². The molecule has 0 unspecified atom stereocenters. The van der Waals surface area contributed by atoms with Gasteiger partial charge in [0.05, 0.1) is 6.61 Å². The fraction of sp³-hybridized carbons (Fsp3) is 0.235. The summed E-state index contributed by atoms with van der Waals surface area (Å²) in [5.41, 5.74) is 1.67. The average Bonchev–Trinajstić information content (AvgIpc) is 2.47. The first kappa shape index (κ1) is 14.1. The molecule has 0 fully saturated rings. The Kier molecular flexibility index (Phi) is 4.77. The molecule has 0 aliphatic rings. The van der Waals surface area contributed by atoms with Crippen LogP contribution in [0.2, 0.25) is 0 Å². The van der Waals surface area contributed by atoms with Gasteiger partial charge in [-0.1, -0.05) is 24.3 Å². The lowest BCUT2D eigenvalue weighted by atomic mass is 10.1. The Balaban J connectivity index is 1.95. The summed E-state index contributed by atoms with van der Waals surface area (Å²) in [4.78, 5) is 12.1. The molecule has 0 heterocycles. The highest BCUT2D eigenvalue weighted by molar-refractivity contribution is 5.98. The standard InChI is InChI=1S/C17H18O3/c1-3-19-14-8-10-15(11-9-14)20-12-17(18)16-7-5-4-6-13(16)2/h4-11H,3,12H2,1-2H3. The highest BCUT2D eigenvalue weighted by atomic mass is 16.5. The van der Waals surface area contributed by atoms with E-state index >= 15 is 0 Å². The predicted octanol–water partition coefficient (Wildman–Crippen LogP) is 3.66. The molecule has 0 atom stereocenters. The molecule has 3 nitrogen and oxygen atoms in total. The van der Waals surface area contributed by atoms with Crippen LogP contribution in [0.25, 0.3) is 0 Å². The molecule has 3 heteroatoms. The number of hydrogen-bond acceptors (Lipinski definition) is 3. The molecule has 0 aliphatic carbocycles. The van der Waals surface area contributed by atoms with Gasteiger partial charge >= 0.3 is 0 Å². The molecule has 0 N–H and O–H groups in total. The summed E-state index contributed by atoms with van der Waals surface area (Å²) in [7, 11) is 0. The van der Waals surface area contributed by atoms with Gasteiger partial charge < -0.3 is 9.47 Å². The molecule has 0 aliphatic heterocycles. The molecule has 2 rings (SSSR count). The summed E-state index contributed by atoms with van der Waals surface area (Å²) < 4.78 is 10.9.